The summed E-state index contributed by atoms with van der Waals surface area (Å²) >= 11 is 8.59. The number of hydrogen-bond donors (Lipinski definition) is 2. The van der Waals surface area contributed by atoms with Crippen molar-refractivity contribution >= 4 is 46.2 Å². The molecule has 0 aliphatic carbocycles. The predicted molar refractivity (Wildman–Crippen MR) is 79.6 cm³/mol. The minimum absolute atomic E-state index is 0.0753. The average molecular weight is 331 g/mol. The number of thiazole rings is 1. The van der Waals surface area contributed by atoms with Gasteiger partial charge in [0.2, 0.25) is 0 Å². The number of halogens is 1. The second-order valence-corrected chi connectivity index (χ2v) is 6.66. The molecule has 2 rings (SSSR count). The van der Waals surface area contributed by atoms with Crippen LogP contribution in [0, 0.1) is 5.92 Å². The van der Waals surface area contributed by atoms with Crippen molar-refractivity contribution in [2.75, 3.05) is 6.54 Å². The molecule has 2 N–H and O–H groups in total. The van der Waals surface area contributed by atoms with E-state index >= 15 is 0 Å². The fourth-order valence-electron chi connectivity index (χ4n) is 1.34. The summed E-state index contributed by atoms with van der Waals surface area (Å²) in [5, 5.41) is 13.7. The SMILES string of the molecule is CC(CNC(=O)c1csc(-c2ccc(Cl)s2)n1)C(=O)O. The molecule has 0 fully saturated rings. The van der Waals surface area contributed by atoms with Gasteiger partial charge in [-0.25, -0.2) is 4.98 Å². The first kappa shape index (κ1) is 15.0. The van der Waals surface area contributed by atoms with E-state index in [9.17, 15) is 9.59 Å². The number of aliphatic carboxylic acids is 1. The maximum Gasteiger partial charge on any atom is 0.308 e. The van der Waals surface area contributed by atoms with Crippen LogP contribution in [-0.4, -0.2) is 28.5 Å². The number of thiophene rings is 1. The number of amides is 1. The molecule has 0 radical (unpaired) electrons. The van der Waals surface area contributed by atoms with Gasteiger partial charge >= 0.3 is 5.97 Å². The summed E-state index contributed by atoms with van der Waals surface area (Å²) in [4.78, 5) is 27.6. The fourth-order valence-corrected chi connectivity index (χ4v) is 3.26. The molecule has 106 valence electrons. The van der Waals surface area contributed by atoms with Crippen LogP contribution in [0.5, 0.6) is 0 Å². The van der Waals surface area contributed by atoms with Gasteiger partial charge in [-0.05, 0) is 12.1 Å². The van der Waals surface area contributed by atoms with Crippen LogP contribution in [0.4, 0.5) is 0 Å². The predicted octanol–water partition coefficient (Wildman–Crippen LogP) is 2.98. The van der Waals surface area contributed by atoms with E-state index in [1.54, 1.807) is 11.4 Å². The third kappa shape index (κ3) is 3.56. The number of nitrogens with one attached hydrogen (secondary N) is 1. The number of carboxylic acids is 1. The first-order valence-corrected chi connectivity index (χ1v) is 7.77. The molecule has 1 unspecified atom stereocenters. The van der Waals surface area contributed by atoms with Crippen LogP contribution in [0.25, 0.3) is 9.88 Å². The van der Waals surface area contributed by atoms with Crippen LogP contribution in [-0.2, 0) is 4.79 Å². The van der Waals surface area contributed by atoms with Crippen molar-refractivity contribution in [3.8, 4) is 9.88 Å². The quantitative estimate of drug-likeness (QED) is 0.883. The molecule has 1 amide bonds. The number of nitrogens with zero attached hydrogens (tertiary/aromatic N) is 1. The second-order valence-electron chi connectivity index (χ2n) is 4.09. The molecule has 20 heavy (non-hydrogen) atoms. The maximum atomic E-state index is 11.8. The smallest absolute Gasteiger partial charge is 0.308 e. The van der Waals surface area contributed by atoms with E-state index in [0.717, 1.165) is 9.88 Å². The van der Waals surface area contributed by atoms with Gasteiger partial charge in [0.05, 0.1) is 15.1 Å². The molecule has 0 saturated heterocycles. The summed E-state index contributed by atoms with van der Waals surface area (Å²) in [7, 11) is 0. The number of carbonyl (C=O) groups is 2. The zero-order valence-electron chi connectivity index (χ0n) is 10.4. The highest BCUT2D eigenvalue weighted by molar-refractivity contribution is 7.23. The normalized spacial score (nSPS) is 12.1. The molecular formula is C12H11ClN2O3S2. The molecule has 0 saturated carbocycles. The largest absolute Gasteiger partial charge is 0.481 e. The number of carbonyl (C=O) groups excluding carboxylic acids is 1. The minimum atomic E-state index is -0.947. The molecule has 0 aromatic carbocycles. The van der Waals surface area contributed by atoms with Crippen LogP contribution < -0.4 is 5.32 Å². The zero-order chi connectivity index (χ0) is 14.7. The van der Waals surface area contributed by atoms with Crippen LogP contribution in [0.3, 0.4) is 0 Å². The van der Waals surface area contributed by atoms with Gasteiger partial charge in [-0.3, -0.25) is 9.59 Å². The summed E-state index contributed by atoms with van der Waals surface area (Å²) in [6.45, 7) is 1.61. The lowest BCUT2D eigenvalue weighted by Gasteiger charge is -2.06. The van der Waals surface area contributed by atoms with Crippen molar-refractivity contribution in [3.05, 3.63) is 27.5 Å². The molecule has 2 aromatic rings. The highest BCUT2D eigenvalue weighted by Gasteiger charge is 2.16. The molecule has 5 nitrogen and oxygen atoms in total. The molecule has 1 atom stereocenters. The van der Waals surface area contributed by atoms with Gasteiger partial charge in [0, 0.05) is 11.9 Å². The van der Waals surface area contributed by atoms with Gasteiger partial charge in [-0.15, -0.1) is 22.7 Å². The monoisotopic (exact) mass is 330 g/mol. The maximum absolute atomic E-state index is 11.8. The van der Waals surface area contributed by atoms with Crippen molar-refractivity contribution in [1.29, 1.82) is 0 Å². The standard InChI is InChI=1S/C12H11ClN2O3S2/c1-6(12(17)18)4-14-10(16)7-5-19-11(15-7)8-2-3-9(13)20-8/h2-3,5-6H,4H2,1H3,(H,14,16)(H,17,18). The summed E-state index contributed by atoms with van der Waals surface area (Å²) < 4.78 is 0.663. The van der Waals surface area contributed by atoms with Gasteiger partial charge in [0.1, 0.15) is 10.7 Å². The van der Waals surface area contributed by atoms with Crippen LogP contribution in [0.2, 0.25) is 4.34 Å². The van der Waals surface area contributed by atoms with E-state index in [4.69, 9.17) is 16.7 Å². The van der Waals surface area contributed by atoms with Gasteiger partial charge in [-0.2, -0.15) is 0 Å². The molecule has 0 bridgehead atoms. The number of aromatic nitrogens is 1. The molecule has 8 heteroatoms. The lowest BCUT2D eigenvalue weighted by molar-refractivity contribution is -0.140. The van der Waals surface area contributed by atoms with Crippen LogP contribution in [0.15, 0.2) is 17.5 Å². The van der Waals surface area contributed by atoms with Gasteiger partial charge in [0.15, 0.2) is 0 Å². The lowest BCUT2D eigenvalue weighted by Crippen LogP contribution is -2.31. The van der Waals surface area contributed by atoms with Crippen molar-refractivity contribution in [2.24, 2.45) is 5.92 Å². The highest BCUT2D eigenvalue weighted by Crippen LogP contribution is 2.32. The van der Waals surface area contributed by atoms with Crippen molar-refractivity contribution in [3.63, 3.8) is 0 Å². The van der Waals surface area contributed by atoms with E-state index < -0.39 is 11.9 Å². The third-order valence-corrected chi connectivity index (χ3v) is 4.75. The molecule has 0 spiro atoms. The number of hydrogen-bond acceptors (Lipinski definition) is 5. The summed E-state index contributed by atoms with van der Waals surface area (Å²) in [5.74, 6) is -1.95. The molecule has 2 heterocycles. The highest BCUT2D eigenvalue weighted by atomic mass is 35.5. The van der Waals surface area contributed by atoms with Crippen molar-refractivity contribution < 1.29 is 14.7 Å². The Labute approximate surface area is 128 Å². The Bertz CT molecular complexity index is 638. The van der Waals surface area contributed by atoms with E-state index in [0.29, 0.717) is 4.34 Å². The summed E-state index contributed by atoms with van der Waals surface area (Å²) in [6.07, 6.45) is 0. The first-order valence-electron chi connectivity index (χ1n) is 5.69. The Balaban J connectivity index is 2.01. The van der Waals surface area contributed by atoms with Gasteiger partial charge < -0.3 is 10.4 Å². The summed E-state index contributed by atoms with van der Waals surface area (Å²) in [5.41, 5.74) is 0.284. The lowest BCUT2D eigenvalue weighted by atomic mass is 10.2. The second kappa shape index (κ2) is 6.34. The first-order chi connectivity index (χ1) is 9.47. The van der Waals surface area contributed by atoms with Crippen LogP contribution >= 0.6 is 34.3 Å². The van der Waals surface area contributed by atoms with E-state index in [-0.39, 0.29) is 18.1 Å². The Kier molecular flexibility index (Phi) is 4.74. The van der Waals surface area contributed by atoms with Crippen LogP contribution in [0.1, 0.15) is 17.4 Å². The number of rotatable bonds is 5. The van der Waals surface area contributed by atoms with Crippen molar-refractivity contribution in [1.82, 2.24) is 10.3 Å². The average Bonchev–Trinajstić information content (AvgIpc) is 3.03. The molecule has 2 aromatic heterocycles. The Morgan fingerprint density at radius 2 is 2.25 bits per heavy atom. The topological polar surface area (TPSA) is 79.3 Å². The van der Waals surface area contributed by atoms with Gasteiger partial charge in [-0.1, -0.05) is 18.5 Å². The Hall–Kier alpha value is -1.44. The van der Waals surface area contributed by atoms with E-state index in [1.807, 2.05) is 6.07 Å². The van der Waals surface area contributed by atoms with Gasteiger partial charge in [0.25, 0.3) is 5.91 Å². The molecule has 0 aliphatic heterocycles. The molecular weight excluding hydrogens is 320 g/mol. The minimum Gasteiger partial charge on any atom is -0.481 e. The van der Waals surface area contributed by atoms with E-state index in [1.165, 1.54) is 29.6 Å². The number of carboxylic acid groups (broad SMARTS) is 1. The summed E-state index contributed by atoms with van der Waals surface area (Å²) in [6, 6.07) is 3.62. The Morgan fingerprint density at radius 1 is 1.50 bits per heavy atom. The van der Waals surface area contributed by atoms with E-state index in [2.05, 4.69) is 10.3 Å². The molecule has 0 aliphatic rings. The zero-order valence-corrected chi connectivity index (χ0v) is 12.8. The Morgan fingerprint density at radius 3 is 2.85 bits per heavy atom. The third-order valence-electron chi connectivity index (χ3n) is 2.51. The fraction of sp³-hybridized carbons (Fsp3) is 0.250. The van der Waals surface area contributed by atoms with Crippen molar-refractivity contribution in [2.45, 2.75) is 6.92 Å².